The molecule has 0 bridgehead atoms. The zero-order valence-corrected chi connectivity index (χ0v) is 17.4. The molecule has 0 aliphatic heterocycles. The Kier molecular flexibility index (Phi) is 5.06. The molecule has 4 heterocycles. The van der Waals surface area contributed by atoms with Crippen LogP contribution in [0.25, 0.3) is 27.8 Å². The maximum Gasteiger partial charge on any atom is 0.297 e. The van der Waals surface area contributed by atoms with Gasteiger partial charge in [0.05, 0.1) is 16.3 Å². The molecule has 0 radical (unpaired) electrons. The van der Waals surface area contributed by atoms with Gasteiger partial charge in [-0.15, -0.1) is 27.8 Å². The minimum Gasteiger partial charge on any atom is -0.295 e. The Morgan fingerprint density at radius 1 is 1.00 bits per heavy atom. The van der Waals surface area contributed by atoms with E-state index in [9.17, 15) is 9.18 Å². The predicted molar refractivity (Wildman–Crippen MR) is 118 cm³/mol. The molecule has 5 aromatic rings. The highest BCUT2D eigenvalue weighted by molar-refractivity contribution is 7.14. The first kappa shape index (κ1) is 19.2. The van der Waals surface area contributed by atoms with E-state index in [-0.39, 0.29) is 5.82 Å². The molecule has 0 atom stereocenters. The first-order chi connectivity index (χ1) is 15.2. The second-order valence-electron chi connectivity index (χ2n) is 6.33. The fraction of sp³-hybridized carbons (Fsp3) is 0. The summed E-state index contributed by atoms with van der Waals surface area (Å²) in [5, 5.41) is 11.2. The van der Waals surface area contributed by atoms with Crippen LogP contribution in [0.2, 0.25) is 0 Å². The van der Waals surface area contributed by atoms with Gasteiger partial charge in [0.25, 0.3) is 5.91 Å². The van der Waals surface area contributed by atoms with E-state index < -0.39 is 11.7 Å². The van der Waals surface area contributed by atoms with Gasteiger partial charge >= 0.3 is 0 Å². The van der Waals surface area contributed by atoms with E-state index in [1.165, 1.54) is 39.5 Å². The molecule has 7 nitrogen and oxygen atoms in total. The molecule has 0 unspecified atom stereocenters. The normalized spacial score (nSPS) is 10.9. The van der Waals surface area contributed by atoms with Crippen LogP contribution in [0.15, 0.2) is 71.6 Å². The van der Waals surface area contributed by atoms with E-state index in [1.807, 2.05) is 41.1 Å². The number of aromatic nitrogens is 5. The molecule has 1 aromatic carbocycles. The fourth-order valence-corrected chi connectivity index (χ4v) is 4.28. The van der Waals surface area contributed by atoms with Crippen molar-refractivity contribution in [3.8, 4) is 27.8 Å². The summed E-state index contributed by atoms with van der Waals surface area (Å²) in [6.45, 7) is 0. The van der Waals surface area contributed by atoms with Gasteiger partial charge < -0.3 is 0 Å². The Morgan fingerprint density at radius 3 is 2.71 bits per heavy atom. The number of benzene rings is 1. The van der Waals surface area contributed by atoms with Gasteiger partial charge in [-0.1, -0.05) is 18.2 Å². The molecule has 0 fully saturated rings. The number of carbonyl (C=O) groups is 1. The van der Waals surface area contributed by atoms with Crippen LogP contribution in [0.3, 0.4) is 0 Å². The Balaban J connectivity index is 1.46. The molecule has 1 N–H and O–H groups in total. The van der Waals surface area contributed by atoms with E-state index in [4.69, 9.17) is 0 Å². The average Bonchev–Trinajstić information content (AvgIpc) is 3.54. The summed E-state index contributed by atoms with van der Waals surface area (Å²) in [4.78, 5) is 26.7. The molecule has 4 aromatic heterocycles. The van der Waals surface area contributed by atoms with Crippen molar-refractivity contribution >= 4 is 33.7 Å². The summed E-state index contributed by atoms with van der Waals surface area (Å²) in [6, 6.07) is 15.3. The van der Waals surface area contributed by atoms with Gasteiger partial charge in [0.15, 0.2) is 11.0 Å². The zero-order chi connectivity index (χ0) is 21.2. The number of hydrogen-bond acceptors (Lipinski definition) is 7. The summed E-state index contributed by atoms with van der Waals surface area (Å²) in [7, 11) is 0. The van der Waals surface area contributed by atoms with Gasteiger partial charge in [0, 0.05) is 11.6 Å². The van der Waals surface area contributed by atoms with Crippen LogP contribution in [0, 0.1) is 5.82 Å². The molecule has 5 rings (SSSR count). The van der Waals surface area contributed by atoms with E-state index in [1.54, 1.807) is 18.3 Å². The third kappa shape index (κ3) is 3.98. The number of thiophene rings is 1. The number of nitrogens with zero attached hydrogens (tertiary/aromatic N) is 5. The lowest BCUT2D eigenvalue weighted by Crippen LogP contribution is -2.14. The van der Waals surface area contributed by atoms with E-state index in [0.29, 0.717) is 28.0 Å². The predicted octanol–water partition coefficient (Wildman–Crippen LogP) is 4.91. The number of thiazole rings is 1. The van der Waals surface area contributed by atoms with Gasteiger partial charge in [-0.05, 0) is 41.8 Å². The fourth-order valence-electron chi connectivity index (χ4n) is 2.88. The molecule has 0 saturated heterocycles. The van der Waals surface area contributed by atoms with Gasteiger partial charge in [0.1, 0.15) is 11.5 Å². The molecule has 0 aliphatic rings. The van der Waals surface area contributed by atoms with Crippen LogP contribution in [0.4, 0.5) is 9.52 Å². The van der Waals surface area contributed by atoms with Gasteiger partial charge in [0.2, 0.25) is 5.82 Å². The number of pyridine rings is 1. The van der Waals surface area contributed by atoms with Crippen molar-refractivity contribution in [1.82, 2.24) is 24.7 Å². The highest BCUT2D eigenvalue weighted by Crippen LogP contribution is 2.27. The topological polar surface area (TPSA) is 85.6 Å². The van der Waals surface area contributed by atoms with Crippen molar-refractivity contribution < 1.29 is 9.18 Å². The van der Waals surface area contributed by atoms with Crippen LogP contribution in [-0.2, 0) is 0 Å². The Morgan fingerprint density at radius 2 is 1.94 bits per heavy atom. The molecule has 0 aliphatic carbocycles. The lowest BCUT2D eigenvalue weighted by atomic mass is 10.3. The number of carbonyl (C=O) groups excluding carboxylic acids is 1. The molecule has 0 saturated carbocycles. The van der Waals surface area contributed by atoms with Crippen molar-refractivity contribution in [3.63, 3.8) is 0 Å². The van der Waals surface area contributed by atoms with Crippen molar-refractivity contribution in [3.05, 3.63) is 83.2 Å². The van der Waals surface area contributed by atoms with Crippen molar-refractivity contribution in [2.45, 2.75) is 0 Å². The van der Waals surface area contributed by atoms with Crippen LogP contribution in [0.5, 0.6) is 0 Å². The summed E-state index contributed by atoms with van der Waals surface area (Å²) in [5.41, 5.74) is 1.85. The molecule has 31 heavy (non-hydrogen) atoms. The lowest BCUT2D eigenvalue weighted by molar-refractivity contribution is 0.101. The number of halogens is 1. The number of anilines is 1. The summed E-state index contributed by atoms with van der Waals surface area (Å²) in [5.74, 6) is -0.489. The summed E-state index contributed by atoms with van der Waals surface area (Å²) in [6.07, 6.45) is 1.68. The second kappa shape index (κ2) is 8.17. The molecule has 10 heteroatoms. The first-order valence-electron chi connectivity index (χ1n) is 9.12. The Bertz CT molecular complexity index is 1350. The van der Waals surface area contributed by atoms with Gasteiger partial charge in [-0.3, -0.25) is 15.1 Å². The highest BCUT2D eigenvalue weighted by atomic mass is 32.1. The van der Waals surface area contributed by atoms with Crippen molar-refractivity contribution in [2.75, 3.05) is 5.32 Å². The van der Waals surface area contributed by atoms with Crippen LogP contribution in [0.1, 0.15) is 10.6 Å². The van der Waals surface area contributed by atoms with E-state index in [0.717, 1.165) is 4.88 Å². The zero-order valence-electron chi connectivity index (χ0n) is 15.8. The largest absolute Gasteiger partial charge is 0.297 e. The van der Waals surface area contributed by atoms with Crippen LogP contribution >= 0.6 is 22.7 Å². The molecule has 0 spiro atoms. The van der Waals surface area contributed by atoms with Gasteiger partial charge in [-0.25, -0.2) is 19.0 Å². The molecular formula is C21H13FN6OS2. The van der Waals surface area contributed by atoms with Crippen LogP contribution < -0.4 is 5.32 Å². The van der Waals surface area contributed by atoms with Crippen LogP contribution in [-0.4, -0.2) is 30.6 Å². The number of nitrogens with one attached hydrogen (secondary N) is 1. The smallest absolute Gasteiger partial charge is 0.295 e. The quantitative estimate of drug-likeness (QED) is 0.413. The van der Waals surface area contributed by atoms with Crippen molar-refractivity contribution in [1.29, 1.82) is 0 Å². The maximum absolute atomic E-state index is 13.8. The number of amides is 1. The third-order valence-corrected chi connectivity index (χ3v) is 5.88. The Hall–Kier alpha value is -3.76. The van der Waals surface area contributed by atoms with E-state index >= 15 is 0 Å². The van der Waals surface area contributed by atoms with E-state index in [2.05, 4.69) is 25.4 Å². The minimum atomic E-state index is -0.505. The lowest BCUT2D eigenvalue weighted by Gasteiger charge is -2.04. The van der Waals surface area contributed by atoms with Gasteiger partial charge in [-0.2, -0.15) is 0 Å². The second-order valence-corrected chi connectivity index (χ2v) is 8.14. The summed E-state index contributed by atoms with van der Waals surface area (Å²) >= 11 is 2.73. The van der Waals surface area contributed by atoms with Crippen molar-refractivity contribution in [2.24, 2.45) is 0 Å². The third-order valence-electron chi connectivity index (χ3n) is 4.26. The standard InChI is InChI=1S/C21H13FN6OS2/c22-13-5-3-6-14(11-13)28-19(17-8-4-10-30-17)25-18(27-28)20(29)26-21-24-16(12-31-21)15-7-1-2-9-23-15/h1-12H,(H,24,26,29). The molecule has 1 amide bonds. The monoisotopic (exact) mass is 448 g/mol. The summed E-state index contributed by atoms with van der Waals surface area (Å²) < 4.78 is 15.2. The minimum absolute atomic E-state index is 0.0396. The SMILES string of the molecule is O=C(Nc1nc(-c2ccccn2)cs1)c1nc(-c2cccs2)n(-c2cccc(F)c2)n1. The molecular weight excluding hydrogens is 435 g/mol. The number of hydrogen-bond donors (Lipinski definition) is 1. The average molecular weight is 449 g/mol. The first-order valence-corrected chi connectivity index (χ1v) is 10.9. The maximum atomic E-state index is 13.8. The highest BCUT2D eigenvalue weighted by Gasteiger charge is 2.20. The molecule has 152 valence electrons. The number of rotatable bonds is 5. The Labute approximate surface area is 183 Å².